The highest BCUT2D eigenvalue weighted by atomic mass is 79.9. The van der Waals surface area contributed by atoms with Gasteiger partial charge in [0.15, 0.2) is 0 Å². The molecular weight excluding hydrogens is 464 g/mol. The van der Waals surface area contributed by atoms with Crippen LogP contribution in [0.4, 0.5) is 5.69 Å². The van der Waals surface area contributed by atoms with Gasteiger partial charge >= 0.3 is 0 Å². The number of nitrogens with zero attached hydrogens (tertiary/aromatic N) is 1. The van der Waals surface area contributed by atoms with E-state index in [0.29, 0.717) is 12.1 Å². The Hall–Kier alpha value is -0.630. The van der Waals surface area contributed by atoms with Gasteiger partial charge in [-0.3, -0.25) is 4.79 Å². The first-order chi connectivity index (χ1) is 13.0. The third-order valence-electron chi connectivity index (χ3n) is 6.62. The molecular formula is C20H26BrClN2O3S. The van der Waals surface area contributed by atoms with Crippen LogP contribution in [-0.2, 0) is 14.8 Å². The summed E-state index contributed by atoms with van der Waals surface area (Å²) in [6.45, 7) is 0. The number of hydrogen-bond acceptors (Lipinski definition) is 3. The van der Waals surface area contributed by atoms with Crippen molar-refractivity contribution in [3.8, 4) is 0 Å². The van der Waals surface area contributed by atoms with E-state index in [9.17, 15) is 13.2 Å². The van der Waals surface area contributed by atoms with Crippen LogP contribution in [-0.4, -0.2) is 37.0 Å². The molecule has 154 valence electrons. The molecule has 1 amide bonds. The highest BCUT2D eigenvalue weighted by molar-refractivity contribution is 9.10. The van der Waals surface area contributed by atoms with Gasteiger partial charge in [0.2, 0.25) is 15.9 Å². The van der Waals surface area contributed by atoms with E-state index in [1.165, 1.54) is 45.5 Å². The van der Waals surface area contributed by atoms with Crippen molar-refractivity contribution in [1.29, 1.82) is 0 Å². The Morgan fingerprint density at radius 1 is 1.25 bits per heavy atom. The molecule has 0 radical (unpaired) electrons. The first kappa shape index (κ1) is 20.6. The van der Waals surface area contributed by atoms with Gasteiger partial charge in [-0.25, -0.2) is 12.7 Å². The van der Waals surface area contributed by atoms with Crippen LogP contribution < -0.4 is 5.32 Å². The van der Waals surface area contributed by atoms with E-state index < -0.39 is 10.0 Å². The second kappa shape index (κ2) is 6.96. The van der Waals surface area contributed by atoms with Gasteiger partial charge in [0.1, 0.15) is 4.90 Å². The van der Waals surface area contributed by atoms with Gasteiger partial charge < -0.3 is 5.32 Å². The molecule has 4 aliphatic rings. The molecule has 4 bridgehead atoms. The molecule has 4 saturated carbocycles. The number of benzene rings is 1. The van der Waals surface area contributed by atoms with Crippen LogP contribution >= 0.6 is 27.5 Å². The summed E-state index contributed by atoms with van der Waals surface area (Å²) in [5, 5.41) is 3.06. The summed E-state index contributed by atoms with van der Waals surface area (Å²) in [7, 11) is -0.757. The fraction of sp³-hybridized carbons (Fsp3) is 0.650. The molecule has 0 heterocycles. The van der Waals surface area contributed by atoms with Gasteiger partial charge in [0.25, 0.3) is 0 Å². The average Bonchev–Trinajstić information content (AvgIpc) is 2.53. The quantitative estimate of drug-likeness (QED) is 0.612. The zero-order chi connectivity index (χ0) is 20.3. The van der Waals surface area contributed by atoms with Crippen molar-refractivity contribution >= 4 is 49.1 Å². The maximum atomic E-state index is 12.9. The summed E-state index contributed by atoms with van der Waals surface area (Å²) in [6.07, 6.45) is 7.58. The summed E-state index contributed by atoms with van der Waals surface area (Å²) >= 11 is 10.1. The molecule has 4 fully saturated rings. The van der Waals surface area contributed by atoms with Crippen molar-refractivity contribution < 1.29 is 13.2 Å². The molecule has 0 spiro atoms. The van der Waals surface area contributed by atoms with Gasteiger partial charge in [-0.05, 0) is 74.0 Å². The van der Waals surface area contributed by atoms with Crippen LogP contribution in [0.1, 0.15) is 44.9 Å². The molecule has 8 heteroatoms. The molecule has 1 aromatic carbocycles. The van der Waals surface area contributed by atoms with Crippen LogP contribution in [0.5, 0.6) is 0 Å². The third kappa shape index (κ3) is 3.75. The van der Waals surface area contributed by atoms with Gasteiger partial charge in [-0.1, -0.05) is 27.5 Å². The molecule has 0 unspecified atom stereocenters. The number of nitrogens with one attached hydrogen (secondary N) is 1. The van der Waals surface area contributed by atoms with E-state index >= 15 is 0 Å². The van der Waals surface area contributed by atoms with Crippen molar-refractivity contribution in [1.82, 2.24) is 4.31 Å². The molecule has 0 aliphatic heterocycles. The zero-order valence-corrected chi connectivity index (χ0v) is 19.3. The summed E-state index contributed by atoms with van der Waals surface area (Å²) < 4.78 is 26.2. The minimum absolute atomic E-state index is 0.00572. The summed E-state index contributed by atoms with van der Waals surface area (Å²) in [5.74, 6) is 1.40. The molecule has 2 atom stereocenters. The van der Waals surface area contributed by atoms with E-state index in [-0.39, 0.29) is 25.6 Å². The summed E-state index contributed by atoms with van der Waals surface area (Å²) in [6, 6.07) is 4.62. The molecule has 0 saturated heterocycles. The summed E-state index contributed by atoms with van der Waals surface area (Å²) in [5.41, 5.74) is 0.538. The molecule has 5 nitrogen and oxygen atoms in total. The molecule has 5 rings (SSSR count). The third-order valence-corrected chi connectivity index (χ3v) is 9.84. The molecule has 1 N–H and O–H groups in total. The van der Waals surface area contributed by atoms with E-state index in [2.05, 4.69) is 21.2 Å². The van der Waals surface area contributed by atoms with Crippen molar-refractivity contribution in [2.45, 2.75) is 54.2 Å². The minimum atomic E-state index is -3.67. The lowest BCUT2D eigenvalue weighted by Gasteiger charge is -2.60. The number of rotatable bonds is 5. The van der Waals surface area contributed by atoms with E-state index in [1.54, 1.807) is 6.07 Å². The molecule has 28 heavy (non-hydrogen) atoms. The largest absolute Gasteiger partial charge is 0.326 e. The van der Waals surface area contributed by atoms with E-state index in [1.807, 2.05) is 0 Å². The van der Waals surface area contributed by atoms with Gasteiger partial charge in [-0.15, -0.1) is 0 Å². The predicted molar refractivity (Wildman–Crippen MR) is 114 cm³/mol. The lowest BCUT2D eigenvalue weighted by Crippen LogP contribution is -2.53. The molecule has 4 aliphatic carbocycles. The van der Waals surface area contributed by atoms with Crippen molar-refractivity contribution in [3.63, 3.8) is 0 Å². The van der Waals surface area contributed by atoms with Crippen LogP contribution in [0.2, 0.25) is 5.02 Å². The van der Waals surface area contributed by atoms with Crippen LogP contribution in [0.3, 0.4) is 0 Å². The second-order valence-corrected chi connectivity index (χ2v) is 13.5. The smallest absolute Gasteiger partial charge is 0.244 e. The summed E-state index contributed by atoms with van der Waals surface area (Å²) in [4.78, 5) is 12.9. The maximum Gasteiger partial charge on any atom is 0.244 e. The minimum Gasteiger partial charge on any atom is -0.326 e. The Labute approximate surface area is 180 Å². The van der Waals surface area contributed by atoms with Gasteiger partial charge in [0, 0.05) is 30.5 Å². The second-order valence-electron chi connectivity index (χ2n) is 9.27. The normalized spacial score (nSPS) is 34.0. The number of amides is 1. The number of carbonyl (C=O) groups is 1. The monoisotopic (exact) mass is 488 g/mol. The fourth-order valence-electron chi connectivity index (χ4n) is 6.06. The lowest BCUT2D eigenvalue weighted by atomic mass is 9.48. The number of sulfonamides is 1. The highest BCUT2D eigenvalue weighted by Crippen LogP contribution is 2.65. The Kier molecular flexibility index (Phi) is 5.13. The first-order valence-corrected chi connectivity index (χ1v) is 12.3. The average molecular weight is 490 g/mol. The lowest BCUT2D eigenvalue weighted by molar-refractivity contribution is -0.123. The van der Waals surface area contributed by atoms with Crippen molar-refractivity contribution in [2.75, 3.05) is 19.4 Å². The Morgan fingerprint density at radius 2 is 1.89 bits per heavy atom. The zero-order valence-electron chi connectivity index (χ0n) is 16.2. The van der Waals surface area contributed by atoms with Crippen molar-refractivity contribution in [2.24, 2.45) is 17.3 Å². The highest BCUT2D eigenvalue weighted by Gasteiger charge is 2.57. The number of carbonyl (C=O) groups excluding carboxylic acids is 1. The van der Waals surface area contributed by atoms with Crippen LogP contribution in [0.25, 0.3) is 0 Å². The van der Waals surface area contributed by atoms with Crippen LogP contribution in [0, 0.1) is 17.3 Å². The maximum absolute atomic E-state index is 12.9. The van der Waals surface area contributed by atoms with E-state index in [4.69, 9.17) is 11.6 Å². The van der Waals surface area contributed by atoms with E-state index in [0.717, 1.165) is 35.4 Å². The number of alkyl halides is 1. The Morgan fingerprint density at radius 3 is 2.46 bits per heavy atom. The first-order valence-electron chi connectivity index (χ1n) is 9.71. The predicted octanol–water partition coefficient (Wildman–Crippen LogP) is 4.65. The SMILES string of the molecule is CN(C)S(=O)(=O)c1cc(NC(=O)CC23C[C@H]4C[C@@H](CC(Br)(C4)C2)C3)ccc1Cl. The topological polar surface area (TPSA) is 66.5 Å². The standard InChI is InChI=1S/C20H26BrClN2O3S/c1-24(2)28(26,27)17-6-15(3-4-16(17)22)23-18(25)11-19-7-13-5-14(8-19)10-20(21,9-13)12-19/h3-4,6,13-14H,5,7-12H2,1-2H3,(H,23,25)/t13-,14-,19?,20?/m1/s1. The number of halogens is 2. The van der Waals surface area contributed by atoms with Gasteiger partial charge in [0.05, 0.1) is 5.02 Å². The number of anilines is 1. The number of hydrogen-bond donors (Lipinski definition) is 1. The van der Waals surface area contributed by atoms with Crippen LogP contribution in [0.15, 0.2) is 23.1 Å². The fourth-order valence-corrected chi connectivity index (χ4v) is 8.97. The van der Waals surface area contributed by atoms with Crippen molar-refractivity contribution in [3.05, 3.63) is 23.2 Å². The Balaban J connectivity index is 1.51. The molecule has 0 aromatic heterocycles. The van der Waals surface area contributed by atoms with Gasteiger partial charge in [-0.2, -0.15) is 0 Å². The molecule has 1 aromatic rings. The Bertz CT molecular complexity index is 904.